The van der Waals surface area contributed by atoms with E-state index >= 15 is 0 Å². The van der Waals surface area contributed by atoms with Gasteiger partial charge in [-0.15, -0.1) is 12.4 Å². The van der Waals surface area contributed by atoms with E-state index in [1.54, 1.807) is 12.3 Å². The van der Waals surface area contributed by atoms with Crippen molar-refractivity contribution in [2.24, 2.45) is 0 Å². The molecule has 0 bridgehead atoms. The van der Waals surface area contributed by atoms with Gasteiger partial charge in [-0.05, 0) is 28.1 Å². The number of fused-ring (bicyclic) bond motifs is 1. The van der Waals surface area contributed by atoms with Gasteiger partial charge < -0.3 is 10.7 Å². The number of rotatable bonds is 0. The van der Waals surface area contributed by atoms with Gasteiger partial charge in [-0.2, -0.15) is 0 Å². The Morgan fingerprint density at radius 3 is 2.77 bits per heavy atom. The largest absolute Gasteiger partial charge is 0.397 e. The number of hydrogen-bond acceptors (Lipinski definition) is 1. The maximum atomic E-state index is 13.0. The number of halogens is 3. The maximum absolute atomic E-state index is 13.0. The van der Waals surface area contributed by atoms with E-state index in [1.807, 2.05) is 0 Å². The fraction of sp³-hybridized carbons (Fsp3) is 0. The van der Waals surface area contributed by atoms with Gasteiger partial charge in [0.1, 0.15) is 5.82 Å². The van der Waals surface area contributed by atoms with Crippen molar-refractivity contribution < 1.29 is 4.39 Å². The lowest BCUT2D eigenvalue weighted by atomic mass is 10.2. The molecule has 2 rings (SSSR count). The van der Waals surface area contributed by atoms with Crippen LogP contribution in [0.15, 0.2) is 22.8 Å². The van der Waals surface area contributed by atoms with Gasteiger partial charge in [0, 0.05) is 11.6 Å². The van der Waals surface area contributed by atoms with Crippen LogP contribution >= 0.6 is 28.3 Å². The average molecular weight is 266 g/mol. The molecule has 0 saturated carbocycles. The van der Waals surface area contributed by atoms with Crippen LogP contribution in [0.1, 0.15) is 0 Å². The summed E-state index contributed by atoms with van der Waals surface area (Å²) in [6.45, 7) is 0. The summed E-state index contributed by atoms with van der Waals surface area (Å²) in [7, 11) is 0. The van der Waals surface area contributed by atoms with E-state index in [1.165, 1.54) is 6.07 Å². The zero-order chi connectivity index (χ0) is 8.72. The van der Waals surface area contributed by atoms with Gasteiger partial charge in [0.05, 0.1) is 15.7 Å². The second-order valence-electron chi connectivity index (χ2n) is 2.56. The normalized spacial score (nSPS) is 10.0. The van der Waals surface area contributed by atoms with Crippen LogP contribution in [0.4, 0.5) is 10.1 Å². The molecular weight excluding hydrogens is 258 g/mol. The highest BCUT2D eigenvalue weighted by atomic mass is 79.9. The maximum Gasteiger partial charge on any atom is 0.139 e. The third kappa shape index (κ3) is 1.64. The molecule has 0 fully saturated rings. The Morgan fingerprint density at radius 1 is 1.38 bits per heavy atom. The van der Waals surface area contributed by atoms with Gasteiger partial charge in [-0.3, -0.25) is 0 Å². The molecule has 0 aliphatic rings. The Labute approximate surface area is 88.8 Å². The number of aromatic amines is 1. The number of anilines is 1. The van der Waals surface area contributed by atoms with Gasteiger partial charge in [0.25, 0.3) is 0 Å². The first kappa shape index (κ1) is 10.3. The number of nitrogens with two attached hydrogens (primary N) is 1. The summed E-state index contributed by atoms with van der Waals surface area (Å²) in [5.74, 6) is -0.288. The molecule has 0 atom stereocenters. The van der Waals surface area contributed by atoms with Crippen LogP contribution in [-0.4, -0.2) is 4.98 Å². The highest BCUT2D eigenvalue weighted by molar-refractivity contribution is 9.10. The van der Waals surface area contributed by atoms with E-state index in [-0.39, 0.29) is 18.2 Å². The van der Waals surface area contributed by atoms with Crippen LogP contribution in [0.25, 0.3) is 10.9 Å². The highest BCUT2D eigenvalue weighted by Crippen LogP contribution is 2.26. The summed E-state index contributed by atoms with van der Waals surface area (Å²) in [5, 5.41) is 0.836. The van der Waals surface area contributed by atoms with E-state index in [4.69, 9.17) is 5.73 Å². The van der Waals surface area contributed by atoms with Crippen molar-refractivity contribution in [1.82, 2.24) is 4.98 Å². The van der Waals surface area contributed by atoms with E-state index in [2.05, 4.69) is 20.9 Å². The van der Waals surface area contributed by atoms with Crippen LogP contribution in [-0.2, 0) is 0 Å². The number of H-pyrrole nitrogens is 1. The minimum Gasteiger partial charge on any atom is -0.397 e. The monoisotopic (exact) mass is 264 g/mol. The topological polar surface area (TPSA) is 41.8 Å². The van der Waals surface area contributed by atoms with Gasteiger partial charge in [0.15, 0.2) is 0 Å². The first-order valence-corrected chi connectivity index (χ1v) is 4.19. The van der Waals surface area contributed by atoms with Crippen molar-refractivity contribution in [3.05, 3.63) is 28.6 Å². The standard InChI is InChI=1S/C8H6BrFN2.ClH/c9-5-1-4-7(11)3-12-8(4)2-6(5)10;/h1-3,12H,11H2;1H. The molecule has 13 heavy (non-hydrogen) atoms. The van der Waals surface area contributed by atoms with Gasteiger partial charge >= 0.3 is 0 Å². The van der Waals surface area contributed by atoms with Gasteiger partial charge in [-0.1, -0.05) is 0 Å². The molecule has 0 spiro atoms. The summed E-state index contributed by atoms with van der Waals surface area (Å²) in [6, 6.07) is 3.08. The molecule has 70 valence electrons. The van der Waals surface area contributed by atoms with Crippen LogP contribution < -0.4 is 5.73 Å². The smallest absolute Gasteiger partial charge is 0.139 e. The number of nitrogen functional groups attached to an aromatic ring is 1. The van der Waals surface area contributed by atoms with Crippen LogP contribution in [0.2, 0.25) is 0 Å². The molecule has 0 aliphatic carbocycles. The van der Waals surface area contributed by atoms with E-state index in [0.29, 0.717) is 15.7 Å². The molecule has 0 aliphatic heterocycles. The Morgan fingerprint density at radius 2 is 2.08 bits per heavy atom. The SMILES string of the molecule is Cl.Nc1c[nH]c2cc(F)c(Br)cc12. The first-order valence-electron chi connectivity index (χ1n) is 3.40. The summed E-state index contributed by atoms with van der Waals surface area (Å²) in [5.41, 5.74) is 6.97. The zero-order valence-electron chi connectivity index (χ0n) is 6.47. The Balaban J connectivity index is 0.000000845. The minimum atomic E-state index is -0.288. The molecule has 1 heterocycles. The quantitative estimate of drug-likeness (QED) is 0.755. The number of benzene rings is 1. The van der Waals surface area contributed by atoms with E-state index in [0.717, 1.165) is 5.39 Å². The molecule has 2 nitrogen and oxygen atoms in total. The van der Waals surface area contributed by atoms with E-state index < -0.39 is 0 Å². The third-order valence-corrected chi connectivity index (χ3v) is 2.36. The lowest BCUT2D eigenvalue weighted by Gasteiger charge is -1.95. The Hall–Kier alpha value is -0.740. The van der Waals surface area contributed by atoms with Crippen molar-refractivity contribution in [2.75, 3.05) is 5.73 Å². The molecule has 0 saturated heterocycles. The minimum absolute atomic E-state index is 0. The number of nitrogens with one attached hydrogen (secondary N) is 1. The summed E-state index contributed by atoms with van der Waals surface area (Å²) < 4.78 is 13.4. The molecule has 0 radical (unpaired) electrons. The van der Waals surface area contributed by atoms with Crippen molar-refractivity contribution >= 4 is 44.9 Å². The number of hydrogen-bond donors (Lipinski definition) is 2. The van der Waals surface area contributed by atoms with Crippen LogP contribution in [0.3, 0.4) is 0 Å². The molecule has 2 aromatic rings. The summed E-state index contributed by atoms with van der Waals surface area (Å²) >= 11 is 3.09. The summed E-state index contributed by atoms with van der Waals surface area (Å²) in [4.78, 5) is 2.87. The van der Waals surface area contributed by atoms with Crippen molar-refractivity contribution in [1.29, 1.82) is 0 Å². The molecule has 3 N–H and O–H groups in total. The van der Waals surface area contributed by atoms with Crippen LogP contribution in [0.5, 0.6) is 0 Å². The first-order chi connectivity index (χ1) is 5.68. The molecular formula is C8H7BrClFN2. The fourth-order valence-corrected chi connectivity index (χ4v) is 1.48. The lowest BCUT2D eigenvalue weighted by Crippen LogP contribution is -1.81. The van der Waals surface area contributed by atoms with Crippen molar-refractivity contribution in [2.45, 2.75) is 0 Å². The molecule has 0 amide bonds. The van der Waals surface area contributed by atoms with Gasteiger partial charge in [0.2, 0.25) is 0 Å². The molecule has 5 heteroatoms. The molecule has 1 aromatic heterocycles. The van der Waals surface area contributed by atoms with Crippen molar-refractivity contribution in [3.63, 3.8) is 0 Å². The molecule has 0 unspecified atom stereocenters. The predicted octanol–water partition coefficient (Wildman–Crippen LogP) is 3.07. The van der Waals surface area contributed by atoms with Crippen molar-refractivity contribution in [3.8, 4) is 0 Å². The van der Waals surface area contributed by atoms with Crippen LogP contribution in [0, 0.1) is 5.82 Å². The second-order valence-corrected chi connectivity index (χ2v) is 3.41. The Kier molecular flexibility index (Phi) is 2.83. The predicted molar refractivity (Wildman–Crippen MR) is 57.6 cm³/mol. The third-order valence-electron chi connectivity index (χ3n) is 1.75. The average Bonchev–Trinajstić information content (AvgIpc) is 2.35. The zero-order valence-corrected chi connectivity index (χ0v) is 8.88. The number of aromatic nitrogens is 1. The van der Waals surface area contributed by atoms with Gasteiger partial charge in [-0.25, -0.2) is 4.39 Å². The Bertz CT molecular complexity index is 441. The van der Waals surface area contributed by atoms with E-state index in [9.17, 15) is 4.39 Å². The highest BCUT2D eigenvalue weighted by Gasteiger charge is 2.04. The second kappa shape index (κ2) is 3.55. The molecule has 1 aromatic carbocycles. The fourth-order valence-electron chi connectivity index (χ4n) is 1.14. The lowest BCUT2D eigenvalue weighted by molar-refractivity contribution is 0.623. The summed E-state index contributed by atoms with van der Waals surface area (Å²) in [6.07, 6.45) is 1.65.